The van der Waals surface area contributed by atoms with E-state index in [0.29, 0.717) is 11.1 Å². The normalized spacial score (nSPS) is 10.2. The standard InChI is InChI=1S/C11H11N5O4/c1-6-7(3-2-4-8(6)16(19)20)5-12-9-10(17)13-11(18)15-14-9/h2-4H,5H2,1H3,(H,12,14)(H2,13,15,17,18). The van der Waals surface area contributed by atoms with Gasteiger partial charge in [-0.25, -0.2) is 9.89 Å². The fourth-order valence-electron chi connectivity index (χ4n) is 1.71. The first-order valence-electron chi connectivity index (χ1n) is 5.65. The van der Waals surface area contributed by atoms with Gasteiger partial charge in [0, 0.05) is 18.2 Å². The maximum atomic E-state index is 11.4. The van der Waals surface area contributed by atoms with E-state index >= 15 is 0 Å². The predicted octanol–water partition coefficient (Wildman–Crippen LogP) is 0.287. The van der Waals surface area contributed by atoms with Gasteiger partial charge < -0.3 is 5.32 Å². The predicted molar refractivity (Wildman–Crippen MR) is 70.6 cm³/mol. The van der Waals surface area contributed by atoms with E-state index in [1.807, 2.05) is 4.98 Å². The molecule has 9 heteroatoms. The number of nitrogens with zero attached hydrogens (tertiary/aromatic N) is 2. The molecule has 1 heterocycles. The summed E-state index contributed by atoms with van der Waals surface area (Å²) >= 11 is 0. The van der Waals surface area contributed by atoms with E-state index < -0.39 is 16.2 Å². The first-order valence-corrected chi connectivity index (χ1v) is 5.65. The molecule has 3 N–H and O–H groups in total. The molecule has 1 aromatic carbocycles. The van der Waals surface area contributed by atoms with Gasteiger partial charge in [0.25, 0.3) is 11.2 Å². The van der Waals surface area contributed by atoms with E-state index in [0.717, 1.165) is 0 Å². The number of nitro groups is 1. The van der Waals surface area contributed by atoms with Crippen molar-refractivity contribution >= 4 is 11.5 Å². The molecule has 0 saturated heterocycles. The fraction of sp³-hybridized carbons (Fsp3) is 0.182. The van der Waals surface area contributed by atoms with E-state index in [-0.39, 0.29) is 18.1 Å². The van der Waals surface area contributed by atoms with E-state index in [1.54, 1.807) is 19.1 Å². The second-order valence-corrected chi connectivity index (χ2v) is 4.03. The SMILES string of the molecule is Cc1c(CNc2n[nH]c(=O)[nH]c2=O)cccc1[N+](=O)[O-]. The third-order valence-electron chi connectivity index (χ3n) is 2.77. The molecular weight excluding hydrogens is 266 g/mol. The van der Waals surface area contributed by atoms with Crippen molar-refractivity contribution in [2.75, 3.05) is 5.32 Å². The van der Waals surface area contributed by atoms with Crippen molar-refractivity contribution in [2.24, 2.45) is 0 Å². The molecule has 0 aliphatic carbocycles. The summed E-state index contributed by atoms with van der Waals surface area (Å²) in [6.07, 6.45) is 0. The quantitative estimate of drug-likeness (QED) is 0.543. The highest BCUT2D eigenvalue weighted by atomic mass is 16.6. The maximum absolute atomic E-state index is 11.4. The molecular formula is C11H11N5O4. The van der Waals surface area contributed by atoms with Crippen LogP contribution >= 0.6 is 0 Å². The van der Waals surface area contributed by atoms with Gasteiger partial charge >= 0.3 is 5.69 Å². The van der Waals surface area contributed by atoms with Crippen molar-refractivity contribution in [1.82, 2.24) is 15.2 Å². The largest absolute Gasteiger partial charge is 0.360 e. The average Bonchev–Trinajstić information content (AvgIpc) is 2.39. The van der Waals surface area contributed by atoms with Gasteiger partial charge in [-0.2, -0.15) is 0 Å². The average molecular weight is 277 g/mol. The van der Waals surface area contributed by atoms with Crippen LogP contribution in [0.1, 0.15) is 11.1 Å². The zero-order valence-electron chi connectivity index (χ0n) is 10.5. The van der Waals surface area contributed by atoms with Gasteiger partial charge in [-0.05, 0) is 12.5 Å². The summed E-state index contributed by atoms with van der Waals surface area (Å²) in [6, 6.07) is 4.67. The first kappa shape index (κ1) is 13.5. The molecule has 20 heavy (non-hydrogen) atoms. The minimum Gasteiger partial charge on any atom is -0.360 e. The molecule has 0 spiro atoms. The van der Waals surface area contributed by atoms with Crippen LogP contribution in [0.15, 0.2) is 27.8 Å². The number of H-pyrrole nitrogens is 2. The van der Waals surface area contributed by atoms with Gasteiger partial charge in [0.2, 0.25) is 5.82 Å². The van der Waals surface area contributed by atoms with Crippen LogP contribution in [0.2, 0.25) is 0 Å². The van der Waals surface area contributed by atoms with Gasteiger partial charge in [-0.3, -0.25) is 19.9 Å². The summed E-state index contributed by atoms with van der Waals surface area (Å²) in [7, 11) is 0. The number of anilines is 1. The molecule has 0 aliphatic heterocycles. The van der Waals surface area contributed by atoms with Crippen LogP contribution in [0.25, 0.3) is 0 Å². The van der Waals surface area contributed by atoms with Gasteiger partial charge in [-0.15, -0.1) is 5.10 Å². The summed E-state index contributed by atoms with van der Waals surface area (Å²) in [5.74, 6) is -0.0597. The lowest BCUT2D eigenvalue weighted by atomic mass is 10.1. The monoisotopic (exact) mass is 277 g/mol. The van der Waals surface area contributed by atoms with Crippen molar-refractivity contribution in [3.05, 3.63) is 60.3 Å². The van der Waals surface area contributed by atoms with Crippen LogP contribution in [0.3, 0.4) is 0 Å². The zero-order chi connectivity index (χ0) is 14.7. The lowest BCUT2D eigenvalue weighted by molar-refractivity contribution is -0.385. The van der Waals surface area contributed by atoms with Gasteiger partial charge in [0.15, 0.2) is 0 Å². The second-order valence-electron chi connectivity index (χ2n) is 4.03. The Morgan fingerprint density at radius 1 is 1.40 bits per heavy atom. The molecule has 1 aromatic heterocycles. The Morgan fingerprint density at radius 3 is 2.80 bits per heavy atom. The highest BCUT2D eigenvalue weighted by Crippen LogP contribution is 2.21. The highest BCUT2D eigenvalue weighted by molar-refractivity contribution is 5.46. The Hall–Kier alpha value is -2.97. The van der Waals surface area contributed by atoms with Crippen LogP contribution in [0.5, 0.6) is 0 Å². The Kier molecular flexibility index (Phi) is 3.60. The summed E-state index contributed by atoms with van der Waals surface area (Å²) in [5, 5.41) is 19.2. The number of hydrogen-bond acceptors (Lipinski definition) is 6. The molecule has 9 nitrogen and oxygen atoms in total. The maximum Gasteiger partial charge on any atom is 0.342 e. The second kappa shape index (κ2) is 5.34. The molecule has 2 rings (SSSR count). The van der Waals surface area contributed by atoms with Crippen LogP contribution in [0.4, 0.5) is 11.5 Å². The molecule has 0 fully saturated rings. The minimum absolute atomic E-state index is 0.00707. The zero-order valence-corrected chi connectivity index (χ0v) is 10.5. The number of hydrogen-bond donors (Lipinski definition) is 3. The highest BCUT2D eigenvalue weighted by Gasteiger charge is 2.13. The number of aromatic nitrogens is 3. The van der Waals surface area contributed by atoms with E-state index in [1.165, 1.54) is 6.07 Å². The minimum atomic E-state index is -0.702. The number of aromatic amines is 2. The third-order valence-corrected chi connectivity index (χ3v) is 2.77. The molecule has 0 amide bonds. The van der Waals surface area contributed by atoms with Crippen molar-refractivity contribution in [3.63, 3.8) is 0 Å². The molecule has 0 aliphatic rings. The number of benzene rings is 1. The van der Waals surface area contributed by atoms with Gasteiger partial charge in [0.05, 0.1) is 4.92 Å². The lowest BCUT2D eigenvalue weighted by Gasteiger charge is -2.07. The molecule has 104 valence electrons. The van der Waals surface area contributed by atoms with E-state index in [9.17, 15) is 19.7 Å². The van der Waals surface area contributed by atoms with E-state index in [2.05, 4.69) is 15.5 Å². The number of rotatable bonds is 4. The van der Waals surface area contributed by atoms with Crippen molar-refractivity contribution < 1.29 is 4.92 Å². The molecule has 0 radical (unpaired) electrons. The number of nitro benzene ring substituents is 1. The Morgan fingerprint density at radius 2 is 2.15 bits per heavy atom. The summed E-state index contributed by atoms with van der Waals surface area (Å²) in [5.41, 5.74) is -0.186. The van der Waals surface area contributed by atoms with Crippen molar-refractivity contribution in [2.45, 2.75) is 13.5 Å². The summed E-state index contributed by atoms with van der Waals surface area (Å²) in [6.45, 7) is 1.80. The van der Waals surface area contributed by atoms with Gasteiger partial charge in [0.1, 0.15) is 0 Å². The van der Waals surface area contributed by atoms with Crippen molar-refractivity contribution in [3.8, 4) is 0 Å². The van der Waals surface area contributed by atoms with Crippen LogP contribution in [0, 0.1) is 17.0 Å². The third kappa shape index (κ3) is 2.71. The Balaban J connectivity index is 2.23. The first-order chi connectivity index (χ1) is 9.49. The van der Waals surface area contributed by atoms with Crippen molar-refractivity contribution in [1.29, 1.82) is 0 Å². The summed E-state index contributed by atoms with van der Waals surface area (Å²) in [4.78, 5) is 34.6. The molecule has 0 unspecified atom stereocenters. The van der Waals surface area contributed by atoms with Crippen LogP contribution in [-0.4, -0.2) is 20.1 Å². The molecule has 0 saturated carbocycles. The summed E-state index contributed by atoms with van der Waals surface area (Å²) < 4.78 is 0. The topological polar surface area (TPSA) is 134 Å². The Labute approximate surface area is 111 Å². The van der Waals surface area contributed by atoms with Crippen LogP contribution in [-0.2, 0) is 6.54 Å². The lowest BCUT2D eigenvalue weighted by Crippen LogP contribution is -2.26. The number of nitrogens with one attached hydrogen (secondary N) is 3. The van der Waals surface area contributed by atoms with Gasteiger partial charge in [-0.1, -0.05) is 12.1 Å². The van der Waals surface area contributed by atoms with E-state index in [4.69, 9.17) is 0 Å². The van der Waals surface area contributed by atoms with Crippen LogP contribution < -0.4 is 16.6 Å². The fourth-order valence-corrected chi connectivity index (χ4v) is 1.71. The Bertz CT molecular complexity index is 764. The molecule has 0 atom stereocenters. The molecule has 0 bridgehead atoms. The smallest absolute Gasteiger partial charge is 0.342 e. The molecule has 2 aromatic rings.